The van der Waals surface area contributed by atoms with Gasteiger partial charge in [0.2, 0.25) is 5.91 Å². The molecule has 6 nitrogen and oxygen atoms in total. The van der Waals surface area contributed by atoms with E-state index in [1.54, 1.807) is 30.5 Å². The van der Waals surface area contributed by atoms with Gasteiger partial charge < -0.3 is 4.42 Å². The monoisotopic (exact) mass is 397 g/mol. The van der Waals surface area contributed by atoms with Gasteiger partial charge in [-0.2, -0.15) is 0 Å². The fraction of sp³-hybridized carbons (Fsp3) is 0.190. The number of hydrogen-bond acceptors (Lipinski definition) is 4. The van der Waals surface area contributed by atoms with Crippen LogP contribution in [0, 0.1) is 0 Å². The maximum absolute atomic E-state index is 12.0. The number of aromatic nitrogens is 1. The molecule has 0 aliphatic heterocycles. The first kappa shape index (κ1) is 19.6. The minimum Gasteiger partial charge on any atom is -0.441 e. The van der Waals surface area contributed by atoms with Gasteiger partial charge in [-0.05, 0) is 48.4 Å². The molecule has 0 fully saturated rings. The highest BCUT2D eigenvalue weighted by molar-refractivity contribution is 6.30. The Bertz CT molecular complexity index is 950. The summed E-state index contributed by atoms with van der Waals surface area (Å²) in [5.74, 6) is 0.361. The van der Waals surface area contributed by atoms with E-state index in [9.17, 15) is 9.59 Å². The van der Waals surface area contributed by atoms with Crippen molar-refractivity contribution in [2.75, 3.05) is 0 Å². The van der Waals surface area contributed by atoms with Gasteiger partial charge in [0.1, 0.15) is 0 Å². The molecular formula is C21H20ClN3O3. The fourth-order valence-electron chi connectivity index (χ4n) is 2.55. The molecular weight excluding hydrogens is 378 g/mol. The molecule has 0 aliphatic rings. The number of carbonyl (C=O) groups excluding carboxylic acids is 2. The predicted molar refractivity (Wildman–Crippen MR) is 107 cm³/mol. The maximum Gasteiger partial charge on any atom is 0.269 e. The summed E-state index contributed by atoms with van der Waals surface area (Å²) >= 11 is 5.87. The number of hydrogen-bond donors (Lipinski definition) is 2. The van der Waals surface area contributed by atoms with Gasteiger partial charge in [-0.15, -0.1) is 0 Å². The van der Waals surface area contributed by atoms with Gasteiger partial charge in [-0.1, -0.05) is 30.7 Å². The molecule has 3 aromatic rings. The lowest BCUT2D eigenvalue weighted by Gasteiger charge is -2.07. The zero-order valence-electron chi connectivity index (χ0n) is 15.4. The molecule has 0 saturated heterocycles. The van der Waals surface area contributed by atoms with Crippen molar-refractivity contribution < 1.29 is 14.0 Å². The predicted octanol–water partition coefficient (Wildman–Crippen LogP) is 3.95. The molecule has 0 spiro atoms. The number of benzene rings is 2. The van der Waals surface area contributed by atoms with Crippen LogP contribution in [0.2, 0.25) is 5.02 Å². The minimum absolute atomic E-state index is 0.135. The summed E-state index contributed by atoms with van der Waals surface area (Å²) in [5.41, 5.74) is 7.29. The van der Waals surface area contributed by atoms with E-state index in [0.29, 0.717) is 28.7 Å². The lowest BCUT2D eigenvalue weighted by molar-refractivity contribution is -0.121. The maximum atomic E-state index is 12.0. The molecule has 0 aliphatic carbocycles. The molecule has 1 heterocycles. The number of hydrazine groups is 1. The second kappa shape index (κ2) is 9.19. The first-order chi connectivity index (χ1) is 13.5. The first-order valence-electron chi connectivity index (χ1n) is 8.94. The van der Waals surface area contributed by atoms with Crippen LogP contribution in [0.5, 0.6) is 0 Å². The van der Waals surface area contributed by atoms with Crippen molar-refractivity contribution in [3.05, 3.63) is 76.8 Å². The second-order valence-corrected chi connectivity index (χ2v) is 6.61. The molecule has 0 bridgehead atoms. The Balaban J connectivity index is 1.46. The fourth-order valence-corrected chi connectivity index (χ4v) is 2.67. The van der Waals surface area contributed by atoms with Crippen molar-refractivity contribution in [2.45, 2.75) is 26.2 Å². The summed E-state index contributed by atoms with van der Waals surface area (Å²) in [6.45, 7) is 2.04. The lowest BCUT2D eigenvalue weighted by Crippen LogP contribution is -2.41. The third-order valence-electron chi connectivity index (χ3n) is 4.19. The van der Waals surface area contributed by atoms with Crippen molar-refractivity contribution in [2.24, 2.45) is 0 Å². The number of nitrogens with zero attached hydrogens (tertiary/aromatic N) is 1. The molecule has 2 amide bonds. The molecule has 0 radical (unpaired) electrons. The van der Waals surface area contributed by atoms with Gasteiger partial charge in [0.05, 0.1) is 6.20 Å². The summed E-state index contributed by atoms with van der Waals surface area (Å²) in [4.78, 5) is 28.2. The Morgan fingerprint density at radius 2 is 1.75 bits per heavy atom. The molecule has 28 heavy (non-hydrogen) atoms. The zero-order valence-corrected chi connectivity index (χ0v) is 16.1. The van der Waals surface area contributed by atoms with Gasteiger partial charge in [0, 0.05) is 29.0 Å². The molecule has 2 aromatic carbocycles. The number of oxazole rings is 1. The number of rotatable bonds is 6. The van der Waals surface area contributed by atoms with Crippen LogP contribution in [0.3, 0.4) is 0 Å². The van der Waals surface area contributed by atoms with Crippen molar-refractivity contribution >= 4 is 23.4 Å². The highest BCUT2D eigenvalue weighted by Gasteiger charge is 2.11. The smallest absolute Gasteiger partial charge is 0.269 e. The summed E-state index contributed by atoms with van der Waals surface area (Å²) < 4.78 is 5.66. The molecule has 7 heteroatoms. The number of aryl methyl sites for hydroxylation is 2. The standard InChI is InChI=1S/C21H20ClN3O3/c1-2-14-3-5-16(6-4-14)21(27)25-24-19(26)11-12-20-23-13-18(28-20)15-7-9-17(22)10-8-15/h3-10,13H,2,11-12H2,1H3,(H,24,26)(H,25,27). The van der Waals surface area contributed by atoms with Crippen molar-refractivity contribution in [3.8, 4) is 11.3 Å². The van der Waals surface area contributed by atoms with E-state index in [1.165, 1.54) is 0 Å². The Labute approximate surface area is 167 Å². The molecule has 2 N–H and O–H groups in total. The van der Waals surface area contributed by atoms with Crippen molar-refractivity contribution in [1.29, 1.82) is 0 Å². The van der Waals surface area contributed by atoms with E-state index in [4.69, 9.17) is 16.0 Å². The van der Waals surface area contributed by atoms with Gasteiger partial charge in [-0.3, -0.25) is 20.4 Å². The average molecular weight is 398 g/mol. The Hall–Kier alpha value is -3.12. The summed E-state index contributed by atoms with van der Waals surface area (Å²) in [6, 6.07) is 14.4. The zero-order chi connectivity index (χ0) is 19.9. The van der Waals surface area contributed by atoms with E-state index < -0.39 is 0 Å². The van der Waals surface area contributed by atoms with Gasteiger partial charge in [0.25, 0.3) is 5.91 Å². The van der Waals surface area contributed by atoms with Crippen molar-refractivity contribution in [3.63, 3.8) is 0 Å². The van der Waals surface area contributed by atoms with E-state index >= 15 is 0 Å². The highest BCUT2D eigenvalue weighted by atomic mass is 35.5. The normalized spacial score (nSPS) is 10.5. The number of amides is 2. The van der Waals surface area contributed by atoms with Crippen LogP contribution in [-0.2, 0) is 17.6 Å². The average Bonchev–Trinajstić information content (AvgIpc) is 3.20. The first-order valence-corrected chi connectivity index (χ1v) is 9.31. The second-order valence-electron chi connectivity index (χ2n) is 6.18. The molecule has 3 rings (SSSR count). The summed E-state index contributed by atoms with van der Waals surface area (Å²) in [5, 5.41) is 0.642. The van der Waals surface area contributed by atoms with Crippen LogP contribution in [0.25, 0.3) is 11.3 Å². The van der Waals surface area contributed by atoms with Crippen LogP contribution >= 0.6 is 11.6 Å². The van der Waals surface area contributed by atoms with E-state index in [-0.39, 0.29) is 18.2 Å². The molecule has 0 unspecified atom stereocenters. The Morgan fingerprint density at radius 1 is 1.04 bits per heavy atom. The van der Waals surface area contributed by atoms with Crippen LogP contribution in [0.1, 0.15) is 35.2 Å². The highest BCUT2D eigenvalue weighted by Crippen LogP contribution is 2.22. The summed E-state index contributed by atoms with van der Waals surface area (Å²) in [6.07, 6.45) is 2.97. The van der Waals surface area contributed by atoms with Crippen LogP contribution in [-0.4, -0.2) is 16.8 Å². The van der Waals surface area contributed by atoms with Gasteiger partial charge in [0.15, 0.2) is 11.7 Å². The van der Waals surface area contributed by atoms with Crippen LogP contribution in [0.4, 0.5) is 0 Å². The SMILES string of the molecule is CCc1ccc(C(=O)NNC(=O)CCc2ncc(-c3ccc(Cl)cc3)o2)cc1. The Morgan fingerprint density at radius 3 is 2.43 bits per heavy atom. The van der Waals surface area contributed by atoms with Gasteiger partial charge in [-0.25, -0.2) is 4.98 Å². The number of halogens is 1. The molecule has 1 aromatic heterocycles. The lowest BCUT2D eigenvalue weighted by atomic mass is 10.1. The van der Waals surface area contributed by atoms with E-state index in [1.807, 2.05) is 31.2 Å². The summed E-state index contributed by atoms with van der Waals surface area (Å²) in [7, 11) is 0. The third kappa shape index (κ3) is 5.20. The quantitative estimate of drug-likeness (QED) is 0.617. The van der Waals surface area contributed by atoms with Crippen LogP contribution < -0.4 is 10.9 Å². The molecule has 0 saturated carbocycles. The Kier molecular flexibility index (Phi) is 6.45. The third-order valence-corrected chi connectivity index (χ3v) is 4.44. The van der Waals surface area contributed by atoms with Crippen molar-refractivity contribution in [1.82, 2.24) is 15.8 Å². The number of nitrogens with one attached hydrogen (secondary N) is 2. The minimum atomic E-state index is -0.364. The number of carbonyl (C=O) groups is 2. The van der Waals surface area contributed by atoms with Crippen LogP contribution in [0.15, 0.2) is 59.1 Å². The topological polar surface area (TPSA) is 84.2 Å². The van der Waals surface area contributed by atoms with E-state index in [0.717, 1.165) is 17.5 Å². The molecule has 0 atom stereocenters. The van der Waals surface area contributed by atoms with E-state index in [2.05, 4.69) is 15.8 Å². The van der Waals surface area contributed by atoms with Gasteiger partial charge >= 0.3 is 0 Å². The largest absolute Gasteiger partial charge is 0.441 e. The molecule has 144 valence electrons.